The van der Waals surface area contributed by atoms with Crippen LogP contribution < -0.4 is 15.5 Å². The monoisotopic (exact) mass is 399 g/mol. The lowest BCUT2D eigenvalue weighted by molar-refractivity contribution is -0.138. The van der Waals surface area contributed by atoms with Crippen molar-refractivity contribution in [1.82, 2.24) is 10.6 Å². The number of halogens is 2. The van der Waals surface area contributed by atoms with Crippen LogP contribution in [0.3, 0.4) is 0 Å². The van der Waals surface area contributed by atoms with Crippen LogP contribution >= 0.6 is 15.9 Å². The summed E-state index contributed by atoms with van der Waals surface area (Å²) in [6, 6.07) is 3.80. The lowest BCUT2D eigenvalue weighted by atomic mass is 10.0. The number of likely N-dealkylation sites (N-methyl/N-ethyl adjacent to an activating group) is 1. The van der Waals surface area contributed by atoms with Gasteiger partial charge in [0.15, 0.2) is 0 Å². The van der Waals surface area contributed by atoms with Gasteiger partial charge in [0.25, 0.3) is 0 Å². The van der Waals surface area contributed by atoms with Crippen LogP contribution in [0.15, 0.2) is 33.9 Å². The van der Waals surface area contributed by atoms with E-state index in [4.69, 9.17) is 4.74 Å². The highest BCUT2D eigenvalue weighted by Crippen LogP contribution is 2.24. The Balaban J connectivity index is 2.32. The molecule has 0 aromatic heterocycles. The molecular weight excluding hydrogens is 381 g/mol. The van der Waals surface area contributed by atoms with Crippen molar-refractivity contribution in [2.45, 2.75) is 19.9 Å². The van der Waals surface area contributed by atoms with Crippen molar-refractivity contribution in [2.24, 2.45) is 0 Å². The Hall–Kier alpha value is -2.09. The molecule has 0 aliphatic carbocycles. The molecule has 24 heavy (non-hydrogen) atoms. The maximum atomic E-state index is 14.1. The van der Waals surface area contributed by atoms with Crippen molar-refractivity contribution in [2.75, 3.05) is 25.1 Å². The fraction of sp³-hybridized carbons (Fsp3) is 0.375. The number of anilines is 1. The van der Waals surface area contributed by atoms with Crippen LogP contribution in [-0.4, -0.2) is 38.2 Å². The van der Waals surface area contributed by atoms with Gasteiger partial charge < -0.3 is 20.3 Å². The molecule has 1 atom stereocenters. The topological polar surface area (TPSA) is 70.7 Å². The second-order valence-electron chi connectivity index (χ2n) is 5.38. The van der Waals surface area contributed by atoms with Gasteiger partial charge in [0, 0.05) is 11.5 Å². The molecule has 2 rings (SSSR count). The molecule has 130 valence electrons. The van der Waals surface area contributed by atoms with Crippen LogP contribution in [-0.2, 0) is 9.53 Å². The standard InChI is InChI=1S/C16H19BrFN3O3/c1-4-24-15(22)14-9(2)19-16(23)20-12(14)8-21(3)13-6-5-10(17)7-11(13)18/h5-7,9H,4,8H2,1-3H3,(H2,19,20,23)/t9-/m1/s1. The van der Waals surface area contributed by atoms with E-state index in [-0.39, 0.29) is 13.2 Å². The summed E-state index contributed by atoms with van der Waals surface area (Å²) in [5, 5.41) is 5.25. The van der Waals surface area contributed by atoms with E-state index in [0.29, 0.717) is 21.4 Å². The summed E-state index contributed by atoms with van der Waals surface area (Å²) in [5.74, 6) is -0.907. The van der Waals surface area contributed by atoms with E-state index in [1.165, 1.54) is 6.07 Å². The first-order valence-corrected chi connectivity index (χ1v) is 8.26. The number of carbonyl (C=O) groups excluding carboxylic acids is 2. The average Bonchev–Trinajstić information content (AvgIpc) is 2.46. The van der Waals surface area contributed by atoms with Crippen LogP contribution in [0, 0.1) is 5.82 Å². The fourth-order valence-electron chi connectivity index (χ4n) is 2.52. The third kappa shape index (κ3) is 4.05. The minimum Gasteiger partial charge on any atom is -0.463 e. The second-order valence-corrected chi connectivity index (χ2v) is 6.30. The van der Waals surface area contributed by atoms with E-state index >= 15 is 0 Å². The molecule has 2 N–H and O–H groups in total. The van der Waals surface area contributed by atoms with Gasteiger partial charge in [0.1, 0.15) is 5.82 Å². The summed E-state index contributed by atoms with van der Waals surface area (Å²) in [7, 11) is 1.68. The molecule has 1 heterocycles. The molecule has 1 aliphatic rings. The van der Waals surface area contributed by atoms with Gasteiger partial charge in [0.05, 0.1) is 36.2 Å². The summed E-state index contributed by atoms with van der Waals surface area (Å²) < 4.78 is 19.8. The number of hydrogen-bond donors (Lipinski definition) is 2. The number of ether oxygens (including phenoxy) is 1. The zero-order valence-corrected chi connectivity index (χ0v) is 15.2. The molecule has 6 nitrogen and oxygen atoms in total. The number of hydrogen-bond acceptors (Lipinski definition) is 4. The van der Waals surface area contributed by atoms with E-state index in [1.807, 2.05) is 0 Å². The molecule has 0 unspecified atom stereocenters. The van der Waals surface area contributed by atoms with Crippen molar-refractivity contribution >= 4 is 33.6 Å². The molecule has 0 saturated carbocycles. The molecule has 2 amide bonds. The highest BCUT2D eigenvalue weighted by Gasteiger charge is 2.30. The van der Waals surface area contributed by atoms with E-state index in [0.717, 1.165) is 0 Å². The summed E-state index contributed by atoms with van der Waals surface area (Å²) >= 11 is 3.21. The predicted molar refractivity (Wildman–Crippen MR) is 92.2 cm³/mol. The number of urea groups is 1. The number of benzene rings is 1. The maximum absolute atomic E-state index is 14.1. The van der Waals surface area contributed by atoms with Crippen LogP contribution in [0.1, 0.15) is 13.8 Å². The van der Waals surface area contributed by atoms with Gasteiger partial charge in [-0.25, -0.2) is 14.0 Å². The minimum absolute atomic E-state index is 0.157. The Morgan fingerprint density at radius 1 is 1.46 bits per heavy atom. The highest BCUT2D eigenvalue weighted by atomic mass is 79.9. The molecule has 0 spiro atoms. The third-order valence-electron chi connectivity index (χ3n) is 3.58. The third-order valence-corrected chi connectivity index (χ3v) is 4.08. The van der Waals surface area contributed by atoms with Gasteiger partial charge in [-0.05, 0) is 32.0 Å². The maximum Gasteiger partial charge on any atom is 0.337 e. The highest BCUT2D eigenvalue weighted by molar-refractivity contribution is 9.10. The molecular formula is C16H19BrFN3O3. The smallest absolute Gasteiger partial charge is 0.337 e. The molecule has 1 aromatic carbocycles. The first kappa shape index (κ1) is 18.3. The number of amides is 2. The SMILES string of the molecule is CCOC(=O)C1=C(CN(C)c2ccc(Br)cc2F)NC(=O)N[C@@H]1C. The molecule has 1 aromatic rings. The Labute approximate surface area is 148 Å². The molecule has 8 heteroatoms. The van der Waals surface area contributed by atoms with Crippen molar-refractivity contribution < 1.29 is 18.7 Å². The number of nitrogens with zero attached hydrogens (tertiary/aromatic N) is 1. The zero-order chi connectivity index (χ0) is 17.9. The zero-order valence-electron chi connectivity index (χ0n) is 13.7. The molecule has 0 fully saturated rings. The second kappa shape index (κ2) is 7.65. The van der Waals surface area contributed by atoms with Crippen molar-refractivity contribution in [3.8, 4) is 0 Å². The Morgan fingerprint density at radius 2 is 2.17 bits per heavy atom. The van der Waals surface area contributed by atoms with Gasteiger partial charge in [0.2, 0.25) is 0 Å². The quantitative estimate of drug-likeness (QED) is 0.746. The molecule has 0 saturated heterocycles. The summed E-state index contributed by atoms with van der Waals surface area (Å²) in [6.07, 6.45) is 0. The fourth-order valence-corrected chi connectivity index (χ4v) is 2.85. The largest absolute Gasteiger partial charge is 0.463 e. The molecule has 0 radical (unpaired) electrons. The van der Waals surface area contributed by atoms with E-state index < -0.39 is 23.9 Å². The predicted octanol–water partition coefficient (Wildman–Crippen LogP) is 2.54. The van der Waals surface area contributed by atoms with Crippen LogP contribution in [0.5, 0.6) is 0 Å². The van der Waals surface area contributed by atoms with Crippen molar-refractivity contribution in [1.29, 1.82) is 0 Å². The first-order chi connectivity index (χ1) is 11.3. The number of rotatable bonds is 5. The van der Waals surface area contributed by atoms with Crippen LogP contribution in [0.25, 0.3) is 0 Å². The Morgan fingerprint density at radius 3 is 2.79 bits per heavy atom. The van der Waals surface area contributed by atoms with Crippen molar-refractivity contribution in [3.05, 3.63) is 39.8 Å². The van der Waals surface area contributed by atoms with Gasteiger partial charge >= 0.3 is 12.0 Å². The Bertz CT molecular complexity index is 693. The van der Waals surface area contributed by atoms with E-state index in [1.54, 1.807) is 37.9 Å². The van der Waals surface area contributed by atoms with Gasteiger partial charge in [-0.15, -0.1) is 0 Å². The summed E-state index contributed by atoms with van der Waals surface area (Å²) in [4.78, 5) is 25.5. The van der Waals surface area contributed by atoms with Gasteiger partial charge in [-0.1, -0.05) is 15.9 Å². The van der Waals surface area contributed by atoms with Crippen molar-refractivity contribution in [3.63, 3.8) is 0 Å². The lowest BCUT2D eigenvalue weighted by Crippen LogP contribution is -2.51. The first-order valence-electron chi connectivity index (χ1n) is 7.47. The Kier molecular flexibility index (Phi) is 5.82. The van der Waals surface area contributed by atoms with Crippen LogP contribution in [0.4, 0.5) is 14.9 Å². The number of esters is 1. The summed E-state index contributed by atoms with van der Waals surface area (Å²) in [5.41, 5.74) is 1.09. The number of carbonyl (C=O) groups is 2. The lowest BCUT2D eigenvalue weighted by Gasteiger charge is -2.29. The van der Waals surface area contributed by atoms with Gasteiger partial charge in [-0.3, -0.25) is 0 Å². The number of nitrogens with one attached hydrogen (secondary N) is 2. The minimum atomic E-state index is -0.503. The molecule has 1 aliphatic heterocycles. The van der Waals surface area contributed by atoms with E-state index in [9.17, 15) is 14.0 Å². The average molecular weight is 400 g/mol. The van der Waals surface area contributed by atoms with E-state index in [2.05, 4.69) is 26.6 Å². The van der Waals surface area contributed by atoms with Gasteiger partial charge in [-0.2, -0.15) is 0 Å². The molecule has 0 bridgehead atoms. The normalized spacial score (nSPS) is 17.2. The van der Waals surface area contributed by atoms with Crippen LogP contribution in [0.2, 0.25) is 0 Å². The summed E-state index contributed by atoms with van der Waals surface area (Å²) in [6.45, 7) is 3.80.